The fourth-order valence-electron chi connectivity index (χ4n) is 2.36. The summed E-state index contributed by atoms with van der Waals surface area (Å²) < 4.78 is 1.78. The first-order valence-corrected chi connectivity index (χ1v) is 7.47. The number of nitrogens with one attached hydrogen (secondary N) is 3. The summed E-state index contributed by atoms with van der Waals surface area (Å²) in [5.74, 6) is -0.210. The fourth-order valence-corrected chi connectivity index (χ4v) is 2.36. The van der Waals surface area contributed by atoms with E-state index in [-0.39, 0.29) is 17.9 Å². The van der Waals surface area contributed by atoms with Crippen molar-refractivity contribution in [1.82, 2.24) is 30.9 Å². The van der Waals surface area contributed by atoms with Crippen molar-refractivity contribution in [3.63, 3.8) is 0 Å². The van der Waals surface area contributed by atoms with Gasteiger partial charge in [-0.05, 0) is 12.5 Å². The van der Waals surface area contributed by atoms with Gasteiger partial charge in [0.05, 0.1) is 12.7 Å². The molecule has 3 rings (SSSR count). The molecule has 120 valence electrons. The van der Waals surface area contributed by atoms with Crippen LogP contribution in [-0.2, 0) is 16.1 Å². The Bertz CT molecular complexity index is 674. The molecule has 1 aliphatic rings. The largest absolute Gasteiger partial charge is 0.353 e. The van der Waals surface area contributed by atoms with Crippen molar-refractivity contribution >= 4 is 11.8 Å². The highest BCUT2D eigenvalue weighted by Gasteiger charge is 2.23. The Labute approximate surface area is 133 Å². The summed E-state index contributed by atoms with van der Waals surface area (Å²) >= 11 is 0. The molecule has 0 saturated carbocycles. The number of hydrogen-bond donors (Lipinski definition) is 3. The molecule has 8 nitrogen and oxygen atoms in total. The van der Waals surface area contributed by atoms with Crippen molar-refractivity contribution in [2.24, 2.45) is 0 Å². The van der Waals surface area contributed by atoms with E-state index in [4.69, 9.17) is 0 Å². The van der Waals surface area contributed by atoms with Gasteiger partial charge in [0.1, 0.15) is 6.04 Å². The van der Waals surface area contributed by atoms with E-state index in [1.807, 2.05) is 18.3 Å². The van der Waals surface area contributed by atoms with Gasteiger partial charge in [-0.25, -0.2) is 5.43 Å². The molecule has 0 bridgehead atoms. The number of rotatable bonds is 5. The van der Waals surface area contributed by atoms with E-state index in [1.165, 1.54) is 0 Å². The van der Waals surface area contributed by atoms with E-state index >= 15 is 0 Å². The smallest absolute Gasteiger partial charge is 0.239 e. The second-order valence-corrected chi connectivity index (χ2v) is 5.31. The third-order valence-electron chi connectivity index (χ3n) is 3.63. The molecule has 2 aromatic rings. The van der Waals surface area contributed by atoms with Gasteiger partial charge < -0.3 is 5.32 Å². The first-order chi connectivity index (χ1) is 11.2. The van der Waals surface area contributed by atoms with E-state index in [0.717, 1.165) is 11.1 Å². The number of aromatic nitrogens is 3. The minimum atomic E-state index is -0.378. The highest BCUT2D eigenvalue weighted by atomic mass is 16.2. The minimum Gasteiger partial charge on any atom is -0.353 e. The normalized spacial score (nSPS) is 17.6. The minimum absolute atomic E-state index is 0.0893. The summed E-state index contributed by atoms with van der Waals surface area (Å²) in [5, 5.41) is 7.12. The Morgan fingerprint density at radius 2 is 2.30 bits per heavy atom. The van der Waals surface area contributed by atoms with E-state index in [9.17, 15) is 9.59 Å². The fraction of sp³-hybridized carbons (Fsp3) is 0.333. The zero-order chi connectivity index (χ0) is 16.1. The maximum atomic E-state index is 12.0. The molecule has 0 aliphatic carbocycles. The summed E-state index contributed by atoms with van der Waals surface area (Å²) in [5.41, 5.74) is 7.16. The summed E-state index contributed by atoms with van der Waals surface area (Å²) in [6, 6.07) is 3.47. The van der Waals surface area contributed by atoms with Gasteiger partial charge in [-0.1, -0.05) is 6.07 Å². The topological polar surface area (TPSA) is 101 Å². The summed E-state index contributed by atoms with van der Waals surface area (Å²) in [6.07, 6.45) is 8.07. The zero-order valence-corrected chi connectivity index (χ0v) is 12.5. The summed E-state index contributed by atoms with van der Waals surface area (Å²) in [6.45, 7) is 1.05. The highest BCUT2D eigenvalue weighted by molar-refractivity contribution is 5.85. The van der Waals surface area contributed by atoms with E-state index in [1.54, 1.807) is 23.3 Å². The molecule has 1 fully saturated rings. The summed E-state index contributed by atoms with van der Waals surface area (Å²) in [7, 11) is 0. The molecule has 3 N–H and O–H groups in total. The van der Waals surface area contributed by atoms with E-state index < -0.39 is 0 Å². The van der Waals surface area contributed by atoms with Gasteiger partial charge in [0.25, 0.3) is 0 Å². The number of hydrogen-bond acceptors (Lipinski definition) is 5. The lowest BCUT2D eigenvalue weighted by Gasteiger charge is -2.22. The van der Waals surface area contributed by atoms with Crippen molar-refractivity contribution in [3.8, 4) is 11.1 Å². The quantitative estimate of drug-likeness (QED) is 0.712. The Morgan fingerprint density at radius 3 is 3.04 bits per heavy atom. The monoisotopic (exact) mass is 314 g/mol. The molecule has 23 heavy (non-hydrogen) atoms. The number of hydrazine groups is 1. The molecule has 0 spiro atoms. The lowest BCUT2D eigenvalue weighted by Crippen LogP contribution is -2.55. The lowest BCUT2D eigenvalue weighted by atomic mass is 10.1. The van der Waals surface area contributed by atoms with Crippen LogP contribution in [0.4, 0.5) is 0 Å². The van der Waals surface area contributed by atoms with Gasteiger partial charge in [-0.3, -0.25) is 24.7 Å². The number of amides is 2. The van der Waals surface area contributed by atoms with Gasteiger partial charge in [0, 0.05) is 42.7 Å². The maximum Gasteiger partial charge on any atom is 0.239 e. The van der Waals surface area contributed by atoms with Crippen LogP contribution in [-0.4, -0.2) is 39.2 Å². The maximum absolute atomic E-state index is 12.0. The first-order valence-electron chi connectivity index (χ1n) is 7.47. The van der Waals surface area contributed by atoms with Crippen LogP contribution in [0.5, 0.6) is 0 Å². The standard InChI is InChI=1S/C15H18N6O2/c22-14-4-3-13(19-20-14)15(23)17-6-7-21-10-12(9-18-21)11-2-1-5-16-8-11/h1-2,5,8-10,13,19H,3-4,6-7H2,(H,17,23)(H,20,22). The lowest BCUT2D eigenvalue weighted by molar-refractivity contribution is -0.128. The van der Waals surface area contributed by atoms with Crippen LogP contribution < -0.4 is 16.2 Å². The predicted molar refractivity (Wildman–Crippen MR) is 82.8 cm³/mol. The number of carbonyl (C=O) groups excluding carboxylic acids is 2. The zero-order valence-electron chi connectivity index (χ0n) is 12.5. The van der Waals surface area contributed by atoms with Crippen LogP contribution in [0.15, 0.2) is 36.9 Å². The van der Waals surface area contributed by atoms with Crippen molar-refractivity contribution in [2.75, 3.05) is 6.54 Å². The van der Waals surface area contributed by atoms with Crippen molar-refractivity contribution in [2.45, 2.75) is 25.4 Å². The molecular weight excluding hydrogens is 296 g/mol. The highest BCUT2D eigenvalue weighted by Crippen LogP contribution is 2.16. The molecule has 8 heteroatoms. The van der Waals surface area contributed by atoms with Crippen LogP contribution >= 0.6 is 0 Å². The van der Waals surface area contributed by atoms with Crippen molar-refractivity contribution in [3.05, 3.63) is 36.9 Å². The van der Waals surface area contributed by atoms with Gasteiger partial charge in [-0.15, -0.1) is 0 Å². The Hall–Kier alpha value is -2.74. The molecular formula is C15H18N6O2. The molecule has 0 aromatic carbocycles. The second-order valence-electron chi connectivity index (χ2n) is 5.31. The Balaban J connectivity index is 1.47. The average molecular weight is 314 g/mol. The Morgan fingerprint density at radius 1 is 1.39 bits per heavy atom. The van der Waals surface area contributed by atoms with Crippen LogP contribution in [0, 0.1) is 0 Å². The summed E-state index contributed by atoms with van der Waals surface area (Å²) in [4.78, 5) is 27.1. The van der Waals surface area contributed by atoms with Crippen LogP contribution in [0.1, 0.15) is 12.8 Å². The molecule has 1 atom stereocenters. The van der Waals surface area contributed by atoms with Crippen molar-refractivity contribution in [1.29, 1.82) is 0 Å². The van der Waals surface area contributed by atoms with Crippen LogP contribution in [0.3, 0.4) is 0 Å². The van der Waals surface area contributed by atoms with Gasteiger partial charge in [0.2, 0.25) is 11.8 Å². The predicted octanol–water partition coefficient (Wildman–Crippen LogP) is -0.155. The number of carbonyl (C=O) groups is 2. The second kappa shape index (κ2) is 7.01. The van der Waals surface area contributed by atoms with E-state index in [2.05, 4.69) is 26.3 Å². The van der Waals surface area contributed by atoms with Gasteiger partial charge >= 0.3 is 0 Å². The average Bonchev–Trinajstić information content (AvgIpc) is 3.05. The van der Waals surface area contributed by atoms with Crippen molar-refractivity contribution < 1.29 is 9.59 Å². The molecule has 1 saturated heterocycles. The molecule has 2 amide bonds. The van der Waals surface area contributed by atoms with Crippen LogP contribution in [0.2, 0.25) is 0 Å². The SMILES string of the molecule is O=C1CCC(C(=O)NCCn2cc(-c3cccnc3)cn2)NN1. The number of nitrogens with zero attached hydrogens (tertiary/aromatic N) is 3. The molecule has 1 unspecified atom stereocenters. The van der Waals surface area contributed by atoms with Gasteiger partial charge in [-0.2, -0.15) is 5.10 Å². The molecule has 3 heterocycles. The van der Waals surface area contributed by atoms with Crippen LogP contribution in [0.25, 0.3) is 11.1 Å². The number of pyridine rings is 1. The van der Waals surface area contributed by atoms with Gasteiger partial charge in [0.15, 0.2) is 0 Å². The first kappa shape index (κ1) is 15.2. The molecule has 2 aromatic heterocycles. The third kappa shape index (κ3) is 3.92. The molecule has 1 aliphatic heterocycles. The third-order valence-corrected chi connectivity index (χ3v) is 3.63. The molecule has 0 radical (unpaired) electrons. The van der Waals surface area contributed by atoms with E-state index in [0.29, 0.717) is 25.9 Å². The Kier molecular flexibility index (Phi) is 4.62.